The fourth-order valence-electron chi connectivity index (χ4n) is 5.54. The SMILES string of the molecule is Cc1ccc(SCCNC(=O)C23CC4CC(CC(C4)C2)C3)cc1. The molecule has 1 N–H and O–H groups in total. The van der Waals surface area contributed by atoms with Crippen molar-refractivity contribution in [3.63, 3.8) is 0 Å². The first kappa shape index (κ1) is 15.6. The molecule has 1 amide bonds. The molecule has 23 heavy (non-hydrogen) atoms. The van der Waals surface area contributed by atoms with Gasteiger partial charge in [0.05, 0.1) is 0 Å². The third-order valence-corrected chi connectivity index (χ3v) is 7.21. The summed E-state index contributed by atoms with van der Waals surface area (Å²) in [5.41, 5.74) is 1.30. The molecule has 4 aliphatic carbocycles. The Morgan fingerprint density at radius 1 is 1.09 bits per heavy atom. The molecule has 4 saturated carbocycles. The number of hydrogen-bond acceptors (Lipinski definition) is 2. The molecule has 4 fully saturated rings. The molecule has 0 saturated heterocycles. The topological polar surface area (TPSA) is 29.1 Å². The Morgan fingerprint density at radius 3 is 2.22 bits per heavy atom. The summed E-state index contributed by atoms with van der Waals surface area (Å²) in [5, 5.41) is 3.26. The van der Waals surface area contributed by atoms with E-state index in [0.29, 0.717) is 5.91 Å². The van der Waals surface area contributed by atoms with Crippen molar-refractivity contribution < 1.29 is 4.79 Å². The van der Waals surface area contributed by atoms with Crippen molar-refractivity contribution in [3.8, 4) is 0 Å². The van der Waals surface area contributed by atoms with Gasteiger partial charge < -0.3 is 5.32 Å². The number of amides is 1. The number of hydrogen-bond donors (Lipinski definition) is 1. The summed E-state index contributed by atoms with van der Waals surface area (Å²) in [4.78, 5) is 14.1. The summed E-state index contributed by atoms with van der Waals surface area (Å²) in [6, 6.07) is 8.63. The van der Waals surface area contributed by atoms with Crippen molar-refractivity contribution in [3.05, 3.63) is 29.8 Å². The Labute approximate surface area is 143 Å². The molecular formula is C20H27NOS. The summed E-state index contributed by atoms with van der Waals surface area (Å²) in [5.74, 6) is 3.85. The summed E-state index contributed by atoms with van der Waals surface area (Å²) < 4.78 is 0. The van der Waals surface area contributed by atoms with Gasteiger partial charge in [0.25, 0.3) is 0 Å². The molecule has 0 aromatic heterocycles. The molecule has 0 unspecified atom stereocenters. The molecule has 4 aliphatic rings. The van der Waals surface area contributed by atoms with E-state index >= 15 is 0 Å². The molecule has 0 spiro atoms. The van der Waals surface area contributed by atoms with Crippen molar-refractivity contribution >= 4 is 17.7 Å². The molecule has 0 aliphatic heterocycles. The van der Waals surface area contributed by atoms with Gasteiger partial charge in [-0.25, -0.2) is 0 Å². The molecule has 0 radical (unpaired) electrons. The fraction of sp³-hybridized carbons (Fsp3) is 0.650. The van der Waals surface area contributed by atoms with Gasteiger partial charge in [0, 0.05) is 22.6 Å². The quantitative estimate of drug-likeness (QED) is 0.640. The van der Waals surface area contributed by atoms with Gasteiger partial charge >= 0.3 is 0 Å². The number of carbonyl (C=O) groups excluding carboxylic acids is 1. The summed E-state index contributed by atoms with van der Waals surface area (Å²) in [6.07, 6.45) is 7.68. The highest BCUT2D eigenvalue weighted by Crippen LogP contribution is 2.60. The summed E-state index contributed by atoms with van der Waals surface area (Å²) in [7, 11) is 0. The third kappa shape index (κ3) is 3.17. The average molecular weight is 330 g/mol. The first-order chi connectivity index (χ1) is 11.1. The molecule has 124 valence electrons. The lowest BCUT2D eigenvalue weighted by Crippen LogP contribution is -2.53. The standard InChI is InChI=1S/C20H27NOS/c1-14-2-4-18(5-3-14)23-7-6-21-19(22)20-11-15-8-16(12-20)10-17(9-15)13-20/h2-5,15-17H,6-13H2,1H3,(H,21,22). The smallest absolute Gasteiger partial charge is 0.226 e. The molecule has 1 aromatic carbocycles. The average Bonchev–Trinajstić information content (AvgIpc) is 2.52. The van der Waals surface area contributed by atoms with E-state index in [4.69, 9.17) is 0 Å². The fourth-order valence-corrected chi connectivity index (χ4v) is 6.31. The molecule has 4 bridgehead atoms. The van der Waals surface area contributed by atoms with Crippen LogP contribution in [0.2, 0.25) is 0 Å². The van der Waals surface area contributed by atoms with Gasteiger partial charge in [0.15, 0.2) is 0 Å². The molecule has 2 nitrogen and oxygen atoms in total. The highest BCUT2D eigenvalue weighted by molar-refractivity contribution is 7.99. The van der Waals surface area contributed by atoms with Crippen LogP contribution in [-0.4, -0.2) is 18.2 Å². The van der Waals surface area contributed by atoms with Gasteiger partial charge in [-0.2, -0.15) is 0 Å². The Kier molecular flexibility index (Phi) is 4.17. The van der Waals surface area contributed by atoms with Crippen LogP contribution < -0.4 is 5.32 Å². The minimum atomic E-state index is 0.00325. The van der Waals surface area contributed by atoms with Crippen LogP contribution in [0.15, 0.2) is 29.2 Å². The minimum absolute atomic E-state index is 0.00325. The van der Waals surface area contributed by atoms with E-state index in [9.17, 15) is 4.79 Å². The van der Waals surface area contributed by atoms with E-state index in [0.717, 1.165) is 49.3 Å². The van der Waals surface area contributed by atoms with Crippen LogP contribution >= 0.6 is 11.8 Å². The van der Waals surface area contributed by atoms with Gasteiger partial charge in [-0.15, -0.1) is 11.8 Å². The molecule has 0 heterocycles. The number of benzene rings is 1. The number of thioether (sulfide) groups is 1. The molecule has 0 atom stereocenters. The second-order valence-electron chi connectivity index (χ2n) is 8.12. The van der Waals surface area contributed by atoms with Crippen molar-refractivity contribution in [1.82, 2.24) is 5.32 Å². The first-order valence-corrected chi connectivity index (χ1v) is 10.1. The first-order valence-electron chi connectivity index (χ1n) is 9.11. The zero-order valence-electron chi connectivity index (χ0n) is 14.0. The second-order valence-corrected chi connectivity index (χ2v) is 9.28. The summed E-state index contributed by atoms with van der Waals surface area (Å²) >= 11 is 1.83. The van der Waals surface area contributed by atoms with E-state index in [1.165, 1.54) is 29.7 Å². The van der Waals surface area contributed by atoms with Crippen LogP contribution in [0.25, 0.3) is 0 Å². The number of aryl methyl sites for hydroxylation is 1. The summed E-state index contributed by atoms with van der Waals surface area (Å²) in [6.45, 7) is 2.90. The van der Waals surface area contributed by atoms with Crippen LogP contribution in [0, 0.1) is 30.1 Å². The lowest BCUT2D eigenvalue weighted by atomic mass is 9.49. The number of nitrogens with one attached hydrogen (secondary N) is 1. The minimum Gasteiger partial charge on any atom is -0.355 e. The highest BCUT2D eigenvalue weighted by Gasteiger charge is 2.54. The maximum Gasteiger partial charge on any atom is 0.226 e. The second kappa shape index (κ2) is 6.16. The Morgan fingerprint density at radius 2 is 1.65 bits per heavy atom. The Bertz CT molecular complexity index is 545. The number of carbonyl (C=O) groups is 1. The van der Waals surface area contributed by atoms with E-state index < -0.39 is 0 Å². The third-order valence-electron chi connectivity index (χ3n) is 6.20. The van der Waals surface area contributed by atoms with Crippen molar-refractivity contribution in [2.45, 2.75) is 50.3 Å². The van der Waals surface area contributed by atoms with Crippen LogP contribution in [0.5, 0.6) is 0 Å². The molecule has 5 rings (SSSR count). The van der Waals surface area contributed by atoms with Gasteiger partial charge in [-0.1, -0.05) is 17.7 Å². The maximum absolute atomic E-state index is 12.8. The van der Waals surface area contributed by atoms with Crippen LogP contribution in [0.1, 0.15) is 44.1 Å². The largest absolute Gasteiger partial charge is 0.355 e. The van der Waals surface area contributed by atoms with Crippen LogP contribution in [-0.2, 0) is 4.79 Å². The van der Waals surface area contributed by atoms with Gasteiger partial charge in [0.1, 0.15) is 0 Å². The molecule has 1 aromatic rings. The van der Waals surface area contributed by atoms with Gasteiger partial charge in [0.2, 0.25) is 5.91 Å². The Hall–Kier alpha value is -0.960. The van der Waals surface area contributed by atoms with Crippen LogP contribution in [0.4, 0.5) is 0 Å². The van der Waals surface area contributed by atoms with Crippen molar-refractivity contribution in [1.29, 1.82) is 0 Å². The Balaban J connectivity index is 1.28. The predicted molar refractivity (Wildman–Crippen MR) is 95.5 cm³/mol. The van der Waals surface area contributed by atoms with Crippen LogP contribution in [0.3, 0.4) is 0 Å². The zero-order valence-corrected chi connectivity index (χ0v) is 14.8. The van der Waals surface area contributed by atoms with Gasteiger partial charge in [-0.05, 0) is 75.3 Å². The van der Waals surface area contributed by atoms with E-state index in [1.807, 2.05) is 11.8 Å². The highest BCUT2D eigenvalue weighted by atomic mass is 32.2. The van der Waals surface area contributed by atoms with E-state index in [2.05, 4.69) is 36.5 Å². The lowest BCUT2D eigenvalue weighted by molar-refractivity contribution is -0.146. The van der Waals surface area contributed by atoms with Crippen molar-refractivity contribution in [2.24, 2.45) is 23.2 Å². The van der Waals surface area contributed by atoms with E-state index in [-0.39, 0.29) is 5.41 Å². The monoisotopic (exact) mass is 329 g/mol. The zero-order chi connectivity index (χ0) is 15.9. The van der Waals surface area contributed by atoms with E-state index in [1.54, 1.807) is 0 Å². The molecule has 3 heteroatoms. The van der Waals surface area contributed by atoms with Gasteiger partial charge in [-0.3, -0.25) is 4.79 Å². The van der Waals surface area contributed by atoms with Crippen molar-refractivity contribution in [2.75, 3.05) is 12.3 Å². The normalized spacial score (nSPS) is 34.6. The molecular weight excluding hydrogens is 302 g/mol. The number of rotatable bonds is 5. The lowest BCUT2D eigenvalue weighted by Gasteiger charge is -2.55. The maximum atomic E-state index is 12.8. The predicted octanol–water partition coefficient (Wildman–Crippen LogP) is 4.42.